The zero-order valence-electron chi connectivity index (χ0n) is 9.58. The molecule has 0 aliphatic carbocycles. The lowest BCUT2D eigenvalue weighted by Crippen LogP contribution is -2.40. The van der Waals surface area contributed by atoms with Crippen molar-refractivity contribution in [2.45, 2.75) is 26.1 Å². The largest absolute Gasteiger partial charge is 0.372 e. The Morgan fingerprint density at radius 1 is 1.38 bits per heavy atom. The molecule has 2 atom stereocenters. The van der Waals surface area contributed by atoms with Gasteiger partial charge in [0.15, 0.2) is 0 Å². The predicted molar refractivity (Wildman–Crippen MR) is 74.4 cm³/mol. The van der Waals surface area contributed by atoms with E-state index in [9.17, 15) is 0 Å². The fraction of sp³-hybridized carbons (Fsp3) is 0.538. The lowest BCUT2D eigenvalue weighted by molar-refractivity contribution is -0.00658. The highest BCUT2D eigenvalue weighted by atomic mass is 127. The van der Waals surface area contributed by atoms with Crippen LogP contribution in [0, 0.1) is 9.49 Å². The van der Waals surface area contributed by atoms with Crippen molar-refractivity contribution in [2.75, 3.05) is 13.1 Å². The fourth-order valence-electron chi connectivity index (χ4n) is 1.97. The summed E-state index contributed by atoms with van der Waals surface area (Å²) in [6.07, 6.45) is 1.59. The second-order valence-electron chi connectivity index (χ2n) is 4.45. The predicted octanol–water partition coefficient (Wildman–Crippen LogP) is 2.81. The molecule has 1 aliphatic rings. The Morgan fingerprint density at radius 2 is 2.12 bits per heavy atom. The number of ether oxygens (including phenoxy) is 1. The van der Waals surface area contributed by atoms with Gasteiger partial charge in [0.05, 0.1) is 12.7 Å². The van der Waals surface area contributed by atoms with Crippen LogP contribution in [0.1, 0.15) is 18.9 Å². The molecule has 16 heavy (non-hydrogen) atoms. The van der Waals surface area contributed by atoms with Gasteiger partial charge in [-0.1, -0.05) is 19.1 Å². The van der Waals surface area contributed by atoms with E-state index < -0.39 is 0 Å². The summed E-state index contributed by atoms with van der Waals surface area (Å²) in [6, 6.07) is 8.54. The van der Waals surface area contributed by atoms with Crippen LogP contribution in [0.15, 0.2) is 24.3 Å². The van der Waals surface area contributed by atoms with Crippen LogP contribution in [0.3, 0.4) is 0 Å². The molecule has 1 aliphatic heterocycles. The van der Waals surface area contributed by atoms with E-state index in [1.54, 1.807) is 0 Å². The Hall–Kier alpha value is -0.130. The molecule has 0 aromatic heterocycles. The van der Waals surface area contributed by atoms with E-state index in [2.05, 4.69) is 59.1 Å². The van der Waals surface area contributed by atoms with E-state index in [4.69, 9.17) is 4.74 Å². The second kappa shape index (κ2) is 5.98. The number of rotatable bonds is 3. The first-order valence-corrected chi connectivity index (χ1v) is 6.90. The molecule has 2 unspecified atom stereocenters. The third-order valence-electron chi connectivity index (χ3n) is 3.13. The molecule has 1 N–H and O–H groups in total. The van der Waals surface area contributed by atoms with Gasteiger partial charge in [0.25, 0.3) is 0 Å². The van der Waals surface area contributed by atoms with Gasteiger partial charge in [0.1, 0.15) is 0 Å². The van der Waals surface area contributed by atoms with E-state index in [0.717, 1.165) is 19.7 Å². The molecule has 0 saturated carbocycles. The molecule has 2 nitrogen and oxygen atoms in total. The lowest BCUT2D eigenvalue weighted by Gasteiger charge is -2.29. The Balaban J connectivity index is 1.84. The van der Waals surface area contributed by atoms with Gasteiger partial charge in [-0.25, -0.2) is 0 Å². The summed E-state index contributed by atoms with van der Waals surface area (Å²) >= 11 is 2.32. The highest BCUT2D eigenvalue weighted by Crippen LogP contribution is 2.17. The molecule has 0 radical (unpaired) electrons. The van der Waals surface area contributed by atoms with Gasteiger partial charge < -0.3 is 10.1 Å². The minimum atomic E-state index is 0.369. The lowest BCUT2D eigenvalue weighted by atomic mass is 9.97. The molecule has 2 rings (SSSR count). The summed E-state index contributed by atoms with van der Waals surface area (Å²) in [7, 11) is 0. The topological polar surface area (TPSA) is 21.3 Å². The Bertz CT molecular complexity index is 325. The van der Waals surface area contributed by atoms with Gasteiger partial charge in [-0.05, 0) is 59.2 Å². The van der Waals surface area contributed by atoms with Crippen molar-refractivity contribution in [3.63, 3.8) is 0 Å². The van der Waals surface area contributed by atoms with Crippen molar-refractivity contribution in [3.8, 4) is 0 Å². The molecule has 1 aromatic carbocycles. The van der Waals surface area contributed by atoms with Crippen LogP contribution in [-0.2, 0) is 11.3 Å². The van der Waals surface area contributed by atoms with Gasteiger partial charge in [-0.2, -0.15) is 0 Å². The maximum atomic E-state index is 5.96. The Morgan fingerprint density at radius 3 is 2.81 bits per heavy atom. The average molecular weight is 331 g/mol. The number of nitrogens with one attached hydrogen (secondary N) is 1. The van der Waals surface area contributed by atoms with Crippen molar-refractivity contribution in [3.05, 3.63) is 33.4 Å². The Labute approximate surface area is 111 Å². The standard InChI is InChI=1S/C13H18INO/c1-10-6-7-15-8-13(10)16-9-11-2-4-12(14)5-3-11/h2-5,10,13,15H,6-9H2,1H3. The molecule has 0 amide bonds. The van der Waals surface area contributed by atoms with Crippen molar-refractivity contribution in [1.82, 2.24) is 5.32 Å². The van der Waals surface area contributed by atoms with E-state index in [0.29, 0.717) is 12.0 Å². The van der Waals surface area contributed by atoms with Crippen molar-refractivity contribution < 1.29 is 4.74 Å². The molecule has 1 saturated heterocycles. The van der Waals surface area contributed by atoms with Crippen LogP contribution in [0.2, 0.25) is 0 Å². The number of hydrogen-bond acceptors (Lipinski definition) is 2. The third-order valence-corrected chi connectivity index (χ3v) is 3.85. The van der Waals surface area contributed by atoms with Crippen LogP contribution >= 0.6 is 22.6 Å². The van der Waals surface area contributed by atoms with Gasteiger partial charge in [-0.15, -0.1) is 0 Å². The normalized spacial score (nSPS) is 25.6. The van der Waals surface area contributed by atoms with Gasteiger partial charge in [0, 0.05) is 10.1 Å². The van der Waals surface area contributed by atoms with E-state index in [1.165, 1.54) is 15.6 Å². The molecule has 1 aromatic rings. The minimum absolute atomic E-state index is 0.369. The highest BCUT2D eigenvalue weighted by molar-refractivity contribution is 14.1. The number of hydrogen-bond donors (Lipinski definition) is 1. The molecule has 1 fully saturated rings. The summed E-state index contributed by atoms with van der Waals surface area (Å²) in [4.78, 5) is 0. The first-order chi connectivity index (χ1) is 7.75. The van der Waals surface area contributed by atoms with Crippen LogP contribution in [0.25, 0.3) is 0 Å². The molecule has 0 spiro atoms. The number of benzene rings is 1. The summed E-state index contributed by atoms with van der Waals surface area (Å²) < 4.78 is 7.23. The fourth-order valence-corrected chi connectivity index (χ4v) is 2.33. The number of piperidine rings is 1. The molecule has 0 bridgehead atoms. The molecule has 88 valence electrons. The first kappa shape index (κ1) is 12.3. The molecular weight excluding hydrogens is 313 g/mol. The molecule has 1 heterocycles. The van der Waals surface area contributed by atoms with Crippen LogP contribution < -0.4 is 5.32 Å². The summed E-state index contributed by atoms with van der Waals surface area (Å²) in [5, 5.41) is 3.38. The monoisotopic (exact) mass is 331 g/mol. The van der Waals surface area contributed by atoms with E-state index >= 15 is 0 Å². The van der Waals surface area contributed by atoms with Crippen LogP contribution in [0.5, 0.6) is 0 Å². The van der Waals surface area contributed by atoms with Gasteiger partial charge in [-0.3, -0.25) is 0 Å². The van der Waals surface area contributed by atoms with Crippen LogP contribution in [-0.4, -0.2) is 19.2 Å². The van der Waals surface area contributed by atoms with Crippen molar-refractivity contribution >= 4 is 22.6 Å². The van der Waals surface area contributed by atoms with Crippen molar-refractivity contribution in [1.29, 1.82) is 0 Å². The van der Waals surface area contributed by atoms with E-state index in [1.807, 2.05) is 0 Å². The quantitative estimate of drug-likeness (QED) is 0.860. The van der Waals surface area contributed by atoms with Crippen molar-refractivity contribution in [2.24, 2.45) is 5.92 Å². The SMILES string of the molecule is CC1CCNCC1OCc1ccc(I)cc1. The smallest absolute Gasteiger partial charge is 0.0729 e. The summed E-state index contributed by atoms with van der Waals surface area (Å²) in [5.41, 5.74) is 1.26. The van der Waals surface area contributed by atoms with Gasteiger partial charge in [0.2, 0.25) is 0 Å². The zero-order valence-corrected chi connectivity index (χ0v) is 11.7. The van der Waals surface area contributed by atoms with E-state index in [-0.39, 0.29) is 0 Å². The first-order valence-electron chi connectivity index (χ1n) is 5.82. The number of halogens is 1. The maximum Gasteiger partial charge on any atom is 0.0729 e. The highest BCUT2D eigenvalue weighted by Gasteiger charge is 2.21. The Kier molecular flexibility index (Phi) is 4.61. The maximum absolute atomic E-state index is 5.96. The average Bonchev–Trinajstić information content (AvgIpc) is 2.30. The summed E-state index contributed by atoms with van der Waals surface area (Å²) in [6.45, 7) is 5.13. The third kappa shape index (κ3) is 3.43. The molecule has 3 heteroatoms. The van der Waals surface area contributed by atoms with Crippen LogP contribution in [0.4, 0.5) is 0 Å². The van der Waals surface area contributed by atoms with Gasteiger partial charge >= 0.3 is 0 Å². The molecular formula is C13H18INO. The zero-order chi connectivity index (χ0) is 11.4. The minimum Gasteiger partial charge on any atom is -0.372 e. The summed E-state index contributed by atoms with van der Waals surface area (Å²) in [5.74, 6) is 0.671. The second-order valence-corrected chi connectivity index (χ2v) is 5.69.